The molecule has 1 fully saturated rings. The molecule has 1 heterocycles. The van der Waals surface area contributed by atoms with Crippen LogP contribution in [0.2, 0.25) is 10.0 Å². The number of benzene rings is 1. The van der Waals surface area contributed by atoms with Crippen LogP contribution < -0.4 is 5.32 Å². The fourth-order valence-electron chi connectivity index (χ4n) is 2.88. The zero-order valence-electron chi connectivity index (χ0n) is 15.2. The third-order valence-corrected chi connectivity index (χ3v) is 7.33. The summed E-state index contributed by atoms with van der Waals surface area (Å²) in [7, 11) is -0.506. The highest BCUT2D eigenvalue weighted by Gasteiger charge is 2.34. The van der Waals surface area contributed by atoms with Crippen LogP contribution >= 0.6 is 23.2 Å². The highest BCUT2D eigenvalue weighted by Crippen LogP contribution is 2.33. The largest absolute Gasteiger partial charge is 0.355 e. The predicted octanol–water partition coefficient (Wildman–Crippen LogP) is 1.99. The van der Waals surface area contributed by atoms with Crippen molar-refractivity contribution in [3.63, 3.8) is 0 Å². The van der Waals surface area contributed by atoms with E-state index in [-0.39, 0.29) is 58.7 Å². The molecule has 1 aliphatic heterocycles. The van der Waals surface area contributed by atoms with E-state index in [9.17, 15) is 18.0 Å². The van der Waals surface area contributed by atoms with Gasteiger partial charge in [-0.3, -0.25) is 9.59 Å². The van der Waals surface area contributed by atoms with Crippen molar-refractivity contribution < 1.29 is 18.0 Å². The van der Waals surface area contributed by atoms with E-state index < -0.39 is 10.0 Å². The summed E-state index contributed by atoms with van der Waals surface area (Å²) in [6.45, 7) is 0.681. The third kappa shape index (κ3) is 5.34. The second kappa shape index (κ2) is 9.23. The maximum absolute atomic E-state index is 12.8. The molecular formula is C17H23Cl2N3O4S. The molecule has 1 aliphatic rings. The van der Waals surface area contributed by atoms with Crippen molar-refractivity contribution in [3.05, 3.63) is 28.2 Å². The number of carbonyl (C=O) groups is 2. The summed E-state index contributed by atoms with van der Waals surface area (Å²) < 4.78 is 27.0. The highest BCUT2D eigenvalue weighted by atomic mass is 35.5. The lowest BCUT2D eigenvalue weighted by molar-refractivity contribution is -0.129. The fraction of sp³-hybridized carbons (Fsp3) is 0.529. The van der Waals surface area contributed by atoms with E-state index in [1.54, 1.807) is 20.2 Å². The summed E-state index contributed by atoms with van der Waals surface area (Å²) in [5.41, 5.74) is 0. The average molecular weight is 436 g/mol. The Bertz CT molecular complexity index is 786. The van der Waals surface area contributed by atoms with Crippen LogP contribution in [0.25, 0.3) is 0 Å². The molecular weight excluding hydrogens is 413 g/mol. The minimum Gasteiger partial charge on any atom is -0.355 e. The lowest BCUT2D eigenvalue weighted by Crippen LogP contribution is -2.43. The molecule has 0 atom stereocenters. The number of amides is 2. The van der Waals surface area contributed by atoms with E-state index in [0.29, 0.717) is 12.8 Å². The molecule has 7 nitrogen and oxygen atoms in total. The number of rotatable bonds is 6. The Kier molecular flexibility index (Phi) is 7.50. The first-order valence-corrected chi connectivity index (χ1v) is 10.8. The van der Waals surface area contributed by atoms with Crippen LogP contribution in [0.1, 0.15) is 19.3 Å². The van der Waals surface area contributed by atoms with Crippen LogP contribution in [0.15, 0.2) is 23.1 Å². The van der Waals surface area contributed by atoms with E-state index >= 15 is 0 Å². The first kappa shape index (κ1) is 21.9. The topological polar surface area (TPSA) is 86.8 Å². The maximum Gasteiger partial charge on any atom is 0.246 e. The number of hydrogen-bond donors (Lipinski definition) is 1. The van der Waals surface area contributed by atoms with Crippen molar-refractivity contribution >= 4 is 45.0 Å². The zero-order chi connectivity index (χ0) is 20.2. The van der Waals surface area contributed by atoms with Gasteiger partial charge in [0.25, 0.3) is 0 Å². The van der Waals surface area contributed by atoms with Gasteiger partial charge >= 0.3 is 0 Å². The molecule has 0 bridgehead atoms. The maximum atomic E-state index is 12.8. The molecule has 0 saturated carbocycles. The summed E-state index contributed by atoms with van der Waals surface area (Å²) in [5.74, 6) is -0.505. The van der Waals surface area contributed by atoms with E-state index in [2.05, 4.69) is 5.32 Å². The van der Waals surface area contributed by atoms with Gasteiger partial charge < -0.3 is 10.2 Å². The van der Waals surface area contributed by atoms with Gasteiger partial charge in [0.1, 0.15) is 4.90 Å². The lowest BCUT2D eigenvalue weighted by atomic mass is 9.97. The summed E-state index contributed by atoms with van der Waals surface area (Å²) in [6, 6.07) is 4.55. The Balaban J connectivity index is 1.93. The number of nitrogens with zero attached hydrogens (tertiary/aromatic N) is 2. The van der Waals surface area contributed by atoms with Crippen LogP contribution in [0.4, 0.5) is 0 Å². The molecule has 0 unspecified atom stereocenters. The number of carbonyl (C=O) groups excluding carboxylic acids is 2. The minimum atomic E-state index is -3.82. The van der Waals surface area contributed by atoms with Gasteiger partial charge in [0.05, 0.1) is 10.0 Å². The smallest absolute Gasteiger partial charge is 0.246 e. The SMILES string of the molecule is CN(C)C(=O)CCNC(=O)C1CCN(S(=O)(=O)c2c(Cl)cccc2Cl)CC1. The van der Waals surface area contributed by atoms with Crippen molar-refractivity contribution in [2.75, 3.05) is 33.7 Å². The standard InChI is InChI=1S/C17H23Cl2N3O4S/c1-21(2)15(23)6-9-20-17(24)12-7-10-22(11-8-12)27(25,26)16-13(18)4-3-5-14(16)19/h3-5,12H,6-11H2,1-2H3,(H,20,24). The van der Waals surface area contributed by atoms with Crippen molar-refractivity contribution in [3.8, 4) is 0 Å². The summed E-state index contributed by atoms with van der Waals surface area (Å²) in [6.07, 6.45) is 1.03. The van der Waals surface area contributed by atoms with Crippen LogP contribution in [0, 0.1) is 5.92 Å². The third-order valence-electron chi connectivity index (χ3n) is 4.48. The van der Waals surface area contributed by atoms with Crippen LogP contribution in [-0.2, 0) is 19.6 Å². The first-order chi connectivity index (χ1) is 12.6. The Morgan fingerprint density at radius 3 is 2.26 bits per heavy atom. The number of sulfonamides is 1. The Hall–Kier alpha value is -1.35. The molecule has 10 heteroatoms. The molecule has 1 aromatic rings. The van der Waals surface area contributed by atoms with Gasteiger partial charge in [-0.25, -0.2) is 8.42 Å². The summed E-state index contributed by atoms with van der Waals surface area (Å²) in [4.78, 5) is 25.1. The van der Waals surface area contributed by atoms with E-state index in [1.165, 1.54) is 21.3 Å². The fourth-order valence-corrected chi connectivity index (χ4v) is 5.44. The summed E-state index contributed by atoms with van der Waals surface area (Å²) >= 11 is 12.1. The molecule has 0 aliphatic carbocycles. The molecule has 0 aromatic heterocycles. The van der Waals surface area contributed by atoms with Crippen molar-refractivity contribution in [1.82, 2.24) is 14.5 Å². The van der Waals surface area contributed by atoms with Crippen molar-refractivity contribution in [2.45, 2.75) is 24.2 Å². The second-order valence-electron chi connectivity index (χ2n) is 6.56. The molecule has 1 saturated heterocycles. The molecule has 2 amide bonds. The van der Waals surface area contributed by atoms with Gasteiger partial charge in [-0.1, -0.05) is 29.3 Å². The normalized spacial score (nSPS) is 16.1. The van der Waals surface area contributed by atoms with Gasteiger partial charge in [-0.05, 0) is 25.0 Å². The van der Waals surface area contributed by atoms with Crippen molar-refractivity contribution in [2.24, 2.45) is 5.92 Å². The molecule has 2 rings (SSSR count). The Morgan fingerprint density at radius 2 is 1.74 bits per heavy atom. The second-order valence-corrected chi connectivity index (χ2v) is 9.25. The molecule has 1 N–H and O–H groups in total. The Morgan fingerprint density at radius 1 is 1.19 bits per heavy atom. The van der Waals surface area contributed by atoms with E-state index in [4.69, 9.17) is 23.2 Å². The predicted molar refractivity (Wildman–Crippen MR) is 104 cm³/mol. The van der Waals surface area contributed by atoms with Crippen LogP contribution in [0.3, 0.4) is 0 Å². The molecule has 27 heavy (non-hydrogen) atoms. The summed E-state index contributed by atoms with van der Waals surface area (Å²) in [5, 5.41) is 2.90. The Labute approximate surface area is 169 Å². The van der Waals surface area contributed by atoms with Gasteiger partial charge in [-0.2, -0.15) is 4.31 Å². The quantitative estimate of drug-likeness (QED) is 0.739. The van der Waals surface area contributed by atoms with E-state index in [0.717, 1.165) is 0 Å². The molecule has 0 spiro atoms. The lowest BCUT2D eigenvalue weighted by Gasteiger charge is -2.31. The zero-order valence-corrected chi connectivity index (χ0v) is 17.6. The molecule has 1 aromatic carbocycles. The minimum absolute atomic E-state index is 0.0622. The molecule has 0 radical (unpaired) electrons. The van der Waals surface area contributed by atoms with Gasteiger partial charge in [0.2, 0.25) is 21.8 Å². The number of halogens is 2. The van der Waals surface area contributed by atoms with Gasteiger partial charge in [-0.15, -0.1) is 0 Å². The monoisotopic (exact) mass is 435 g/mol. The van der Waals surface area contributed by atoms with E-state index in [1.807, 2.05) is 0 Å². The van der Waals surface area contributed by atoms with Crippen molar-refractivity contribution in [1.29, 1.82) is 0 Å². The van der Waals surface area contributed by atoms with Crippen LogP contribution in [-0.4, -0.2) is 63.2 Å². The number of nitrogens with one attached hydrogen (secondary N) is 1. The number of hydrogen-bond acceptors (Lipinski definition) is 4. The first-order valence-electron chi connectivity index (χ1n) is 8.56. The van der Waals surface area contributed by atoms with Gasteiger partial charge in [0.15, 0.2) is 0 Å². The average Bonchev–Trinajstić information content (AvgIpc) is 2.61. The number of piperidine rings is 1. The van der Waals surface area contributed by atoms with Crippen LogP contribution in [0.5, 0.6) is 0 Å². The van der Waals surface area contributed by atoms with Gasteiger partial charge in [0, 0.05) is 46.1 Å². The molecule has 150 valence electrons. The highest BCUT2D eigenvalue weighted by molar-refractivity contribution is 7.89.